The molecule has 0 aliphatic carbocycles. The largest absolute Gasteiger partial charge is 0.292 e. The number of hydrogen-bond acceptors (Lipinski definition) is 1. The number of hydrogen-bond donors (Lipinski definition) is 0. The Kier molecular flexibility index (Phi) is 2.65. The summed E-state index contributed by atoms with van der Waals surface area (Å²) >= 11 is 3.44. The molecule has 1 saturated heterocycles. The van der Waals surface area contributed by atoms with E-state index in [1.165, 1.54) is 17.7 Å². The van der Waals surface area contributed by atoms with Gasteiger partial charge in [-0.05, 0) is 17.7 Å². The maximum atomic E-state index is 12.6. The maximum Gasteiger partial charge on any atom is 0.123 e. The Balaban J connectivity index is 1.92. The third-order valence-electron chi connectivity index (χ3n) is 2.31. The predicted octanol–water partition coefficient (Wildman–Crippen LogP) is 2.40. The minimum atomic E-state index is -0.161. The maximum absolute atomic E-state index is 12.6. The van der Waals surface area contributed by atoms with Crippen LogP contribution in [0.2, 0.25) is 0 Å². The molecule has 0 N–H and O–H groups in total. The van der Waals surface area contributed by atoms with E-state index in [9.17, 15) is 4.39 Å². The fourth-order valence-electron chi connectivity index (χ4n) is 1.39. The lowest BCUT2D eigenvalue weighted by molar-refractivity contribution is 0.517. The first kappa shape index (κ1) is 9.16. The van der Waals surface area contributed by atoms with Crippen molar-refractivity contribution in [3.8, 4) is 0 Å². The highest BCUT2D eigenvalue weighted by Crippen LogP contribution is 2.22. The van der Waals surface area contributed by atoms with E-state index in [0.29, 0.717) is 6.04 Å². The van der Waals surface area contributed by atoms with Gasteiger partial charge in [0.15, 0.2) is 0 Å². The minimum absolute atomic E-state index is 0.161. The lowest BCUT2D eigenvalue weighted by atomic mass is 10.2. The quantitative estimate of drug-likeness (QED) is 0.582. The molecule has 1 fully saturated rings. The third kappa shape index (κ3) is 2.29. The van der Waals surface area contributed by atoms with Gasteiger partial charge in [0.25, 0.3) is 0 Å². The molecule has 0 spiro atoms. The van der Waals surface area contributed by atoms with Gasteiger partial charge in [0, 0.05) is 24.5 Å². The molecule has 0 radical (unpaired) electrons. The Bertz CT molecular complexity index is 285. The van der Waals surface area contributed by atoms with Crippen molar-refractivity contribution >= 4 is 15.9 Å². The fraction of sp³-hybridized carbons (Fsp3) is 0.400. The van der Waals surface area contributed by atoms with Crippen LogP contribution in [0.5, 0.6) is 0 Å². The van der Waals surface area contributed by atoms with Crippen LogP contribution in [0.15, 0.2) is 24.3 Å². The average molecular weight is 244 g/mol. The van der Waals surface area contributed by atoms with Crippen LogP contribution in [0, 0.1) is 5.82 Å². The summed E-state index contributed by atoms with van der Waals surface area (Å²) in [6.45, 7) is 2.10. The van der Waals surface area contributed by atoms with Crippen molar-refractivity contribution in [1.82, 2.24) is 4.90 Å². The van der Waals surface area contributed by atoms with Gasteiger partial charge in [0.05, 0.1) is 0 Å². The summed E-state index contributed by atoms with van der Waals surface area (Å²) in [5, 5.41) is 1.04. The highest BCUT2D eigenvalue weighted by molar-refractivity contribution is 9.09. The van der Waals surface area contributed by atoms with Crippen LogP contribution in [-0.4, -0.2) is 22.8 Å². The van der Waals surface area contributed by atoms with E-state index in [-0.39, 0.29) is 5.82 Å². The van der Waals surface area contributed by atoms with Gasteiger partial charge < -0.3 is 0 Å². The van der Waals surface area contributed by atoms with Gasteiger partial charge in [-0.1, -0.05) is 28.1 Å². The van der Waals surface area contributed by atoms with Crippen molar-refractivity contribution in [2.75, 3.05) is 11.9 Å². The first-order valence-corrected chi connectivity index (χ1v) is 5.46. The minimum Gasteiger partial charge on any atom is -0.292 e. The Morgan fingerprint density at radius 3 is 2.62 bits per heavy atom. The van der Waals surface area contributed by atoms with Crippen LogP contribution < -0.4 is 0 Å². The summed E-state index contributed by atoms with van der Waals surface area (Å²) in [6, 6.07) is 7.41. The van der Waals surface area contributed by atoms with E-state index in [4.69, 9.17) is 0 Å². The van der Waals surface area contributed by atoms with Crippen LogP contribution in [0.25, 0.3) is 0 Å². The normalized spacial score (nSPS) is 26.0. The second-order valence-electron chi connectivity index (χ2n) is 3.36. The molecule has 1 aliphatic rings. The molecule has 0 bridgehead atoms. The molecule has 1 aromatic rings. The molecular formula is C10H11BrFN. The Hall–Kier alpha value is -0.410. The molecule has 1 heterocycles. The molecule has 70 valence electrons. The van der Waals surface area contributed by atoms with Crippen molar-refractivity contribution in [3.05, 3.63) is 35.6 Å². The van der Waals surface area contributed by atoms with E-state index >= 15 is 0 Å². The Morgan fingerprint density at radius 2 is 2.08 bits per heavy atom. The van der Waals surface area contributed by atoms with Crippen LogP contribution in [0.3, 0.4) is 0 Å². The van der Waals surface area contributed by atoms with Gasteiger partial charge in [-0.3, -0.25) is 4.90 Å². The van der Waals surface area contributed by atoms with Crippen LogP contribution >= 0.6 is 15.9 Å². The van der Waals surface area contributed by atoms with Crippen molar-refractivity contribution < 1.29 is 4.39 Å². The molecular weight excluding hydrogens is 233 g/mol. The lowest BCUT2D eigenvalue weighted by Crippen LogP contribution is -2.02. The highest BCUT2D eigenvalue weighted by atomic mass is 79.9. The van der Waals surface area contributed by atoms with Crippen molar-refractivity contribution in [2.24, 2.45) is 0 Å². The molecule has 2 rings (SSSR count). The van der Waals surface area contributed by atoms with E-state index < -0.39 is 0 Å². The van der Waals surface area contributed by atoms with E-state index in [2.05, 4.69) is 20.8 Å². The molecule has 0 aromatic heterocycles. The molecule has 2 atom stereocenters. The Morgan fingerprint density at radius 1 is 1.38 bits per heavy atom. The zero-order valence-electron chi connectivity index (χ0n) is 7.21. The molecule has 1 aliphatic heterocycles. The summed E-state index contributed by atoms with van der Waals surface area (Å²) in [5.41, 5.74) is 1.19. The van der Waals surface area contributed by atoms with Crippen LogP contribution in [-0.2, 0) is 6.54 Å². The van der Waals surface area contributed by atoms with Gasteiger partial charge in [-0.25, -0.2) is 4.39 Å². The monoisotopic (exact) mass is 243 g/mol. The van der Waals surface area contributed by atoms with Gasteiger partial charge in [-0.2, -0.15) is 0 Å². The molecule has 1 nitrogen and oxygen atoms in total. The SMILES string of the molecule is Fc1ccc(CN2C[C@H]2CBr)cc1. The van der Waals surface area contributed by atoms with Gasteiger partial charge in [0.2, 0.25) is 0 Å². The molecule has 0 saturated carbocycles. The van der Waals surface area contributed by atoms with Crippen LogP contribution in [0.4, 0.5) is 4.39 Å². The van der Waals surface area contributed by atoms with Crippen LogP contribution in [0.1, 0.15) is 5.56 Å². The van der Waals surface area contributed by atoms with Crippen molar-refractivity contribution in [2.45, 2.75) is 12.6 Å². The zero-order valence-corrected chi connectivity index (χ0v) is 8.80. The lowest BCUT2D eigenvalue weighted by Gasteiger charge is -2.02. The fourth-order valence-corrected chi connectivity index (χ4v) is 2.00. The summed E-state index contributed by atoms with van der Waals surface area (Å²) in [5.74, 6) is -0.161. The van der Waals surface area contributed by atoms with E-state index in [1.807, 2.05) is 12.1 Å². The second-order valence-corrected chi connectivity index (χ2v) is 4.01. The third-order valence-corrected chi connectivity index (χ3v) is 3.05. The summed E-state index contributed by atoms with van der Waals surface area (Å²) in [7, 11) is 0. The number of halogens is 2. The molecule has 13 heavy (non-hydrogen) atoms. The van der Waals surface area contributed by atoms with Crippen molar-refractivity contribution in [3.63, 3.8) is 0 Å². The number of alkyl halides is 1. The number of rotatable bonds is 3. The highest BCUT2D eigenvalue weighted by Gasteiger charge is 2.31. The van der Waals surface area contributed by atoms with Gasteiger partial charge in [-0.15, -0.1) is 0 Å². The predicted molar refractivity (Wildman–Crippen MR) is 54.4 cm³/mol. The van der Waals surface area contributed by atoms with Gasteiger partial charge in [0.1, 0.15) is 5.82 Å². The van der Waals surface area contributed by atoms with E-state index in [1.54, 1.807) is 0 Å². The van der Waals surface area contributed by atoms with Crippen molar-refractivity contribution in [1.29, 1.82) is 0 Å². The number of benzene rings is 1. The summed E-state index contributed by atoms with van der Waals surface area (Å²) in [6.07, 6.45) is 0. The van der Waals surface area contributed by atoms with E-state index in [0.717, 1.165) is 18.4 Å². The topological polar surface area (TPSA) is 3.01 Å². The first-order valence-electron chi connectivity index (χ1n) is 4.34. The Labute approximate surface area is 85.7 Å². The molecule has 1 unspecified atom stereocenters. The average Bonchev–Trinajstić information content (AvgIpc) is 2.88. The summed E-state index contributed by atoms with van der Waals surface area (Å²) < 4.78 is 12.6. The second kappa shape index (κ2) is 3.76. The molecule has 3 heteroatoms. The van der Waals surface area contributed by atoms with Gasteiger partial charge >= 0.3 is 0 Å². The molecule has 0 amide bonds. The standard InChI is InChI=1S/C10H11BrFN/c11-5-10-7-13(10)6-8-1-3-9(12)4-2-8/h1-4,10H,5-7H2/t10-,13?/m1/s1. The first-order chi connectivity index (χ1) is 6.29. The molecule has 1 aromatic carbocycles. The summed E-state index contributed by atoms with van der Waals surface area (Å²) in [4.78, 5) is 2.35. The smallest absolute Gasteiger partial charge is 0.123 e. The zero-order chi connectivity index (χ0) is 9.26. The number of nitrogens with zero attached hydrogens (tertiary/aromatic N) is 1.